The molecule has 1 aromatic carbocycles. The standard InChI is InChI=1S/C15H20N2O2S/c1-11(2)20-15-16-8-13(10-18)17(15)9-12-4-6-14(19-3)7-5-12/h4-8,11,18H,9-10H2,1-3H3. The summed E-state index contributed by atoms with van der Waals surface area (Å²) in [4.78, 5) is 4.40. The van der Waals surface area contributed by atoms with Crippen LogP contribution in [0.15, 0.2) is 35.6 Å². The molecule has 0 fully saturated rings. The minimum absolute atomic E-state index is 0.00180. The molecular weight excluding hydrogens is 272 g/mol. The van der Waals surface area contributed by atoms with E-state index >= 15 is 0 Å². The highest BCUT2D eigenvalue weighted by molar-refractivity contribution is 7.99. The Morgan fingerprint density at radius 1 is 1.30 bits per heavy atom. The first-order valence-electron chi connectivity index (χ1n) is 6.59. The van der Waals surface area contributed by atoms with Crippen LogP contribution in [0.5, 0.6) is 5.75 Å². The summed E-state index contributed by atoms with van der Waals surface area (Å²) >= 11 is 1.70. The van der Waals surface area contributed by atoms with E-state index in [1.165, 1.54) is 0 Å². The van der Waals surface area contributed by atoms with Gasteiger partial charge in [-0.3, -0.25) is 0 Å². The summed E-state index contributed by atoms with van der Waals surface area (Å²) in [6.07, 6.45) is 1.74. The van der Waals surface area contributed by atoms with Crippen molar-refractivity contribution < 1.29 is 9.84 Å². The van der Waals surface area contributed by atoms with Crippen LogP contribution in [0, 0.1) is 0 Å². The minimum Gasteiger partial charge on any atom is -0.497 e. The van der Waals surface area contributed by atoms with E-state index in [-0.39, 0.29) is 6.61 Å². The molecule has 0 aliphatic carbocycles. The number of hydrogen-bond acceptors (Lipinski definition) is 4. The van der Waals surface area contributed by atoms with Gasteiger partial charge in [0.25, 0.3) is 0 Å². The summed E-state index contributed by atoms with van der Waals surface area (Å²) < 4.78 is 7.22. The van der Waals surface area contributed by atoms with Crippen molar-refractivity contribution in [1.82, 2.24) is 9.55 Å². The largest absolute Gasteiger partial charge is 0.497 e. The summed E-state index contributed by atoms with van der Waals surface area (Å²) in [5.74, 6) is 0.846. The highest BCUT2D eigenvalue weighted by Gasteiger charge is 2.12. The second kappa shape index (κ2) is 6.81. The summed E-state index contributed by atoms with van der Waals surface area (Å²) in [6, 6.07) is 7.95. The first-order valence-corrected chi connectivity index (χ1v) is 7.47. The van der Waals surface area contributed by atoms with Crippen molar-refractivity contribution in [3.05, 3.63) is 41.7 Å². The molecule has 0 unspecified atom stereocenters. The van der Waals surface area contributed by atoms with Gasteiger partial charge in [0.05, 0.1) is 25.6 Å². The van der Waals surface area contributed by atoms with Gasteiger partial charge in [-0.25, -0.2) is 4.98 Å². The van der Waals surface area contributed by atoms with Crippen LogP contribution < -0.4 is 4.74 Å². The fourth-order valence-electron chi connectivity index (χ4n) is 1.91. The van der Waals surface area contributed by atoms with Crippen molar-refractivity contribution in [2.75, 3.05) is 7.11 Å². The van der Waals surface area contributed by atoms with Crippen LogP contribution in [-0.4, -0.2) is 27.0 Å². The molecule has 0 saturated heterocycles. The van der Waals surface area contributed by atoms with Gasteiger partial charge in [0, 0.05) is 11.8 Å². The Labute approximate surface area is 123 Å². The molecule has 2 rings (SSSR count). The van der Waals surface area contributed by atoms with Gasteiger partial charge in [-0.15, -0.1) is 0 Å². The van der Waals surface area contributed by atoms with Crippen LogP contribution in [0.4, 0.5) is 0 Å². The SMILES string of the molecule is COc1ccc(Cn2c(CO)cnc2SC(C)C)cc1. The molecule has 20 heavy (non-hydrogen) atoms. The Kier molecular flexibility index (Phi) is 5.09. The van der Waals surface area contributed by atoms with Gasteiger partial charge in [-0.05, 0) is 17.7 Å². The number of rotatable bonds is 6. The van der Waals surface area contributed by atoms with Crippen molar-refractivity contribution in [3.63, 3.8) is 0 Å². The second-order valence-corrected chi connectivity index (χ2v) is 6.33. The number of nitrogens with zero attached hydrogens (tertiary/aromatic N) is 2. The first-order chi connectivity index (χ1) is 9.63. The fourth-order valence-corrected chi connectivity index (χ4v) is 2.75. The predicted octanol–water partition coefficient (Wildman–Crippen LogP) is 2.93. The van der Waals surface area contributed by atoms with E-state index in [2.05, 4.69) is 23.4 Å². The number of ether oxygens (including phenoxy) is 1. The van der Waals surface area contributed by atoms with Crippen LogP contribution in [0.3, 0.4) is 0 Å². The molecule has 0 saturated carbocycles. The molecular formula is C15H20N2O2S. The number of aliphatic hydroxyl groups is 1. The van der Waals surface area contributed by atoms with E-state index in [0.717, 1.165) is 22.2 Å². The number of aliphatic hydroxyl groups excluding tert-OH is 1. The summed E-state index contributed by atoms with van der Waals surface area (Å²) in [5, 5.41) is 10.8. The molecule has 1 N–H and O–H groups in total. The van der Waals surface area contributed by atoms with Gasteiger partial charge < -0.3 is 14.4 Å². The Morgan fingerprint density at radius 2 is 2.00 bits per heavy atom. The van der Waals surface area contributed by atoms with Crippen molar-refractivity contribution >= 4 is 11.8 Å². The predicted molar refractivity (Wildman–Crippen MR) is 81.2 cm³/mol. The highest BCUT2D eigenvalue weighted by atomic mass is 32.2. The minimum atomic E-state index is 0.00180. The smallest absolute Gasteiger partial charge is 0.168 e. The lowest BCUT2D eigenvalue weighted by Crippen LogP contribution is -2.07. The van der Waals surface area contributed by atoms with Crippen LogP contribution in [0.1, 0.15) is 25.1 Å². The fraction of sp³-hybridized carbons (Fsp3) is 0.400. The Bertz CT molecular complexity index is 550. The quantitative estimate of drug-likeness (QED) is 0.832. The molecule has 1 heterocycles. The molecule has 0 atom stereocenters. The summed E-state index contributed by atoms with van der Waals surface area (Å²) in [5.41, 5.74) is 1.99. The van der Waals surface area contributed by atoms with Crippen molar-refractivity contribution in [2.45, 2.75) is 37.4 Å². The lowest BCUT2D eigenvalue weighted by molar-refractivity contribution is 0.270. The van der Waals surface area contributed by atoms with E-state index in [9.17, 15) is 5.11 Å². The number of imidazole rings is 1. The zero-order valence-corrected chi connectivity index (χ0v) is 12.9. The van der Waals surface area contributed by atoms with Gasteiger partial charge in [0.2, 0.25) is 0 Å². The van der Waals surface area contributed by atoms with Gasteiger partial charge in [-0.2, -0.15) is 0 Å². The van der Waals surface area contributed by atoms with Crippen LogP contribution in [0.2, 0.25) is 0 Å². The van der Waals surface area contributed by atoms with Gasteiger partial charge in [0.15, 0.2) is 5.16 Å². The third-order valence-corrected chi connectivity index (χ3v) is 3.91. The highest BCUT2D eigenvalue weighted by Crippen LogP contribution is 2.24. The molecule has 0 aliphatic heterocycles. The normalized spacial score (nSPS) is 11.1. The third-order valence-electron chi connectivity index (χ3n) is 2.90. The summed E-state index contributed by atoms with van der Waals surface area (Å²) in [7, 11) is 1.66. The van der Waals surface area contributed by atoms with E-state index < -0.39 is 0 Å². The molecule has 1 aromatic heterocycles. The number of hydrogen-bond donors (Lipinski definition) is 1. The maximum Gasteiger partial charge on any atom is 0.168 e. The number of aromatic nitrogens is 2. The topological polar surface area (TPSA) is 47.3 Å². The maximum absolute atomic E-state index is 9.44. The maximum atomic E-state index is 9.44. The van der Waals surface area contributed by atoms with E-state index in [1.54, 1.807) is 25.1 Å². The van der Waals surface area contributed by atoms with Crippen LogP contribution in [0.25, 0.3) is 0 Å². The van der Waals surface area contributed by atoms with Crippen molar-refractivity contribution in [3.8, 4) is 5.75 Å². The molecule has 2 aromatic rings. The Hall–Kier alpha value is -1.46. The first kappa shape index (κ1) is 14.9. The van der Waals surface area contributed by atoms with E-state index in [1.807, 2.05) is 24.3 Å². The Balaban J connectivity index is 2.23. The molecule has 108 valence electrons. The van der Waals surface area contributed by atoms with Crippen LogP contribution in [-0.2, 0) is 13.2 Å². The monoisotopic (exact) mass is 292 g/mol. The van der Waals surface area contributed by atoms with Crippen molar-refractivity contribution in [1.29, 1.82) is 0 Å². The van der Waals surface area contributed by atoms with Crippen LogP contribution >= 0.6 is 11.8 Å². The molecule has 0 radical (unpaired) electrons. The average molecular weight is 292 g/mol. The molecule has 5 heteroatoms. The number of methoxy groups -OCH3 is 1. The number of benzene rings is 1. The summed E-state index contributed by atoms with van der Waals surface area (Å²) in [6.45, 7) is 4.97. The van der Waals surface area contributed by atoms with Gasteiger partial charge in [0.1, 0.15) is 5.75 Å². The third kappa shape index (κ3) is 3.55. The Morgan fingerprint density at radius 3 is 2.55 bits per heavy atom. The van der Waals surface area contributed by atoms with Crippen molar-refractivity contribution in [2.24, 2.45) is 0 Å². The molecule has 0 amide bonds. The zero-order chi connectivity index (χ0) is 14.5. The average Bonchev–Trinajstić information content (AvgIpc) is 2.81. The number of thioether (sulfide) groups is 1. The molecule has 0 spiro atoms. The van der Waals surface area contributed by atoms with Gasteiger partial charge >= 0.3 is 0 Å². The second-order valence-electron chi connectivity index (χ2n) is 4.79. The molecule has 4 nitrogen and oxygen atoms in total. The molecule has 0 aliphatic rings. The van der Waals surface area contributed by atoms with E-state index in [4.69, 9.17) is 4.74 Å². The lowest BCUT2D eigenvalue weighted by atomic mass is 10.2. The zero-order valence-electron chi connectivity index (χ0n) is 12.0. The van der Waals surface area contributed by atoms with Gasteiger partial charge in [-0.1, -0.05) is 37.7 Å². The van der Waals surface area contributed by atoms with E-state index in [0.29, 0.717) is 11.8 Å². The lowest BCUT2D eigenvalue weighted by Gasteiger charge is -2.12. The molecule has 0 bridgehead atoms.